The van der Waals surface area contributed by atoms with Crippen LogP contribution < -0.4 is 10.2 Å². The lowest BCUT2D eigenvalue weighted by molar-refractivity contribution is 0.505. The van der Waals surface area contributed by atoms with Gasteiger partial charge in [0.25, 0.3) is 0 Å². The normalized spacial score (nSPS) is 12.9. The molecule has 0 amide bonds. The van der Waals surface area contributed by atoms with Crippen molar-refractivity contribution in [2.24, 2.45) is 5.92 Å². The van der Waals surface area contributed by atoms with Crippen molar-refractivity contribution in [3.8, 4) is 0 Å². The smallest absolute Gasteiger partial charge is 0.0368 e. The zero-order chi connectivity index (χ0) is 13.0. The van der Waals surface area contributed by atoms with Gasteiger partial charge in [0.2, 0.25) is 0 Å². The van der Waals surface area contributed by atoms with Crippen LogP contribution >= 0.6 is 0 Å². The highest BCUT2D eigenvalue weighted by atomic mass is 15.1. The quantitative estimate of drug-likeness (QED) is 0.841. The van der Waals surface area contributed by atoms with Crippen LogP contribution in [0, 0.1) is 12.8 Å². The van der Waals surface area contributed by atoms with Gasteiger partial charge < -0.3 is 10.2 Å². The Morgan fingerprint density at radius 2 is 1.88 bits per heavy atom. The Balaban J connectivity index is 2.89. The highest BCUT2D eigenvalue weighted by Gasteiger charge is 2.14. The summed E-state index contributed by atoms with van der Waals surface area (Å²) >= 11 is 0. The van der Waals surface area contributed by atoms with E-state index in [1.54, 1.807) is 0 Å². The van der Waals surface area contributed by atoms with Crippen LogP contribution in [0.15, 0.2) is 18.2 Å². The first-order valence-corrected chi connectivity index (χ1v) is 6.44. The Labute approximate surface area is 106 Å². The molecule has 0 saturated carbocycles. The van der Waals surface area contributed by atoms with Crippen molar-refractivity contribution >= 4 is 5.69 Å². The molecule has 1 atom stereocenters. The number of hydrogen-bond donors (Lipinski definition) is 1. The summed E-state index contributed by atoms with van der Waals surface area (Å²) in [7, 11) is 4.16. The van der Waals surface area contributed by atoms with Crippen molar-refractivity contribution in [3.05, 3.63) is 29.3 Å². The molecule has 0 aromatic heterocycles. The van der Waals surface area contributed by atoms with E-state index in [0.717, 1.165) is 6.54 Å². The SMILES string of the molecule is CNCc1ccc(N(C)C(C)C(C)C)cc1C. The van der Waals surface area contributed by atoms with Gasteiger partial charge in [-0.1, -0.05) is 19.9 Å². The molecule has 0 spiro atoms. The first-order chi connectivity index (χ1) is 7.97. The maximum Gasteiger partial charge on any atom is 0.0368 e. The van der Waals surface area contributed by atoms with E-state index >= 15 is 0 Å². The van der Waals surface area contributed by atoms with Crippen molar-refractivity contribution in [1.29, 1.82) is 0 Å². The molecule has 17 heavy (non-hydrogen) atoms. The fraction of sp³-hybridized carbons (Fsp3) is 0.600. The summed E-state index contributed by atoms with van der Waals surface area (Å²) in [6.07, 6.45) is 0. The van der Waals surface area contributed by atoms with Gasteiger partial charge in [-0.2, -0.15) is 0 Å². The number of hydrogen-bond acceptors (Lipinski definition) is 2. The zero-order valence-electron chi connectivity index (χ0n) is 12.0. The van der Waals surface area contributed by atoms with Crippen molar-refractivity contribution in [2.45, 2.75) is 40.3 Å². The fourth-order valence-corrected chi connectivity index (χ4v) is 1.97. The molecule has 1 rings (SSSR count). The van der Waals surface area contributed by atoms with Crippen LogP contribution in [0.25, 0.3) is 0 Å². The third kappa shape index (κ3) is 3.47. The predicted octanol–water partition coefficient (Wildman–Crippen LogP) is 3.20. The van der Waals surface area contributed by atoms with E-state index in [-0.39, 0.29) is 0 Å². The number of nitrogens with zero attached hydrogens (tertiary/aromatic N) is 1. The maximum atomic E-state index is 3.20. The lowest BCUT2D eigenvalue weighted by Gasteiger charge is -2.30. The minimum absolute atomic E-state index is 0.560. The monoisotopic (exact) mass is 234 g/mol. The van der Waals surface area contributed by atoms with Crippen molar-refractivity contribution in [1.82, 2.24) is 5.32 Å². The van der Waals surface area contributed by atoms with Crippen LogP contribution in [0.5, 0.6) is 0 Å². The molecule has 0 radical (unpaired) electrons. The van der Waals surface area contributed by atoms with Gasteiger partial charge in [-0.3, -0.25) is 0 Å². The van der Waals surface area contributed by atoms with E-state index in [2.05, 4.69) is 63.2 Å². The highest BCUT2D eigenvalue weighted by molar-refractivity contribution is 5.51. The van der Waals surface area contributed by atoms with Gasteiger partial charge in [0.15, 0.2) is 0 Å². The summed E-state index contributed by atoms with van der Waals surface area (Å²) < 4.78 is 0. The Morgan fingerprint density at radius 1 is 1.24 bits per heavy atom. The van der Waals surface area contributed by atoms with Crippen molar-refractivity contribution in [2.75, 3.05) is 19.0 Å². The topological polar surface area (TPSA) is 15.3 Å². The average Bonchev–Trinajstić information content (AvgIpc) is 2.30. The number of anilines is 1. The molecular formula is C15H26N2. The Morgan fingerprint density at radius 3 is 2.35 bits per heavy atom. The Hall–Kier alpha value is -1.02. The molecular weight excluding hydrogens is 208 g/mol. The van der Waals surface area contributed by atoms with Crippen LogP contribution in [0.1, 0.15) is 31.9 Å². The molecule has 1 aromatic carbocycles. The molecule has 0 aliphatic carbocycles. The van der Waals surface area contributed by atoms with Crippen molar-refractivity contribution < 1.29 is 0 Å². The van der Waals surface area contributed by atoms with E-state index in [1.807, 2.05) is 7.05 Å². The number of rotatable bonds is 5. The van der Waals surface area contributed by atoms with Gasteiger partial charge in [0.05, 0.1) is 0 Å². The summed E-state index contributed by atoms with van der Waals surface area (Å²) in [6, 6.07) is 7.29. The molecule has 0 bridgehead atoms. The van der Waals surface area contributed by atoms with Gasteiger partial charge >= 0.3 is 0 Å². The molecule has 1 N–H and O–H groups in total. The molecule has 0 fully saturated rings. The third-order valence-electron chi connectivity index (χ3n) is 3.68. The molecule has 0 aliphatic heterocycles. The molecule has 0 heterocycles. The van der Waals surface area contributed by atoms with Gasteiger partial charge in [0.1, 0.15) is 0 Å². The Bertz CT molecular complexity index is 358. The molecule has 1 aromatic rings. The summed E-state index contributed by atoms with van der Waals surface area (Å²) in [5.74, 6) is 0.664. The van der Waals surface area contributed by atoms with Gasteiger partial charge in [0, 0.05) is 25.3 Å². The lowest BCUT2D eigenvalue weighted by Crippen LogP contribution is -2.33. The predicted molar refractivity (Wildman–Crippen MR) is 76.6 cm³/mol. The molecule has 2 heteroatoms. The highest BCUT2D eigenvalue weighted by Crippen LogP contribution is 2.22. The van der Waals surface area contributed by atoms with Gasteiger partial charge in [-0.05, 0) is 50.1 Å². The summed E-state index contributed by atoms with van der Waals surface area (Å²) in [5.41, 5.74) is 4.05. The molecule has 96 valence electrons. The largest absolute Gasteiger partial charge is 0.372 e. The van der Waals surface area contributed by atoms with Crippen molar-refractivity contribution in [3.63, 3.8) is 0 Å². The molecule has 0 saturated heterocycles. The number of nitrogens with one attached hydrogen (secondary N) is 1. The van der Waals surface area contributed by atoms with E-state index in [0.29, 0.717) is 12.0 Å². The standard InChI is InChI=1S/C15H26N2/c1-11(2)13(4)17(6)15-8-7-14(10-16-5)12(3)9-15/h7-9,11,13,16H,10H2,1-6H3. The first kappa shape index (κ1) is 14.0. The average molecular weight is 234 g/mol. The van der Waals surface area contributed by atoms with Crippen LogP contribution in [0.2, 0.25) is 0 Å². The number of benzene rings is 1. The van der Waals surface area contributed by atoms with E-state index in [9.17, 15) is 0 Å². The zero-order valence-corrected chi connectivity index (χ0v) is 12.0. The van der Waals surface area contributed by atoms with E-state index in [4.69, 9.17) is 0 Å². The maximum absolute atomic E-state index is 3.20. The number of aryl methyl sites for hydroxylation is 1. The first-order valence-electron chi connectivity index (χ1n) is 6.44. The molecule has 1 unspecified atom stereocenters. The second-order valence-corrected chi connectivity index (χ2v) is 5.24. The minimum Gasteiger partial charge on any atom is -0.372 e. The molecule has 2 nitrogen and oxygen atoms in total. The van der Waals surface area contributed by atoms with Crippen LogP contribution in [-0.2, 0) is 6.54 Å². The third-order valence-corrected chi connectivity index (χ3v) is 3.68. The minimum atomic E-state index is 0.560. The van der Waals surface area contributed by atoms with Crippen LogP contribution in [0.4, 0.5) is 5.69 Å². The Kier molecular flexibility index (Phi) is 5.01. The second kappa shape index (κ2) is 6.06. The summed E-state index contributed by atoms with van der Waals surface area (Å²) in [4.78, 5) is 2.36. The second-order valence-electron chi connectivity index (χ2n) is 5.24. The van der Waals surface area contributed by atoms with Crippen LogP contribution in [0.3, 0.4) is 0 Å². The fourth-order valence-electron chi connectivity index (χ4n) is 1.97. The van der Waals surface area contributed by atoms with Gasteiger partial charge in [-0.25, -0.2) is 0 Å². The van der Waals surface area contributed by atoms with Crippen LogP contribution in [-0.4, -0.2) is 20.1 Å². The summed E-state index contributed by atoms with van der Waals surface area (Å²) in [6.45, 7) is 9.94. The lowest BCUT2D eigenvalue weighted by atomic mass is 10.0. The van der Waals surface area contributed by atoms with E-state index in [1.165, 1.54) is 16.8 Å². The van der Waals surface area contributed by atoms with Gasteiger partial charge in [-0.15, -0.1) is 0 Å². The summed E-state index contributed by atoms with van der Waals surface area (Å²) in [5, 5.41) is 3.20. The molecule has 0 aliphatic rings. The van der Waals surface area contributed by atoms with E-state index < -0.39 is 0 Å².